The van der Waals surface area contributed by atoms with Gasteiger partial charge in [-0.05, 0) is 73.4 Å². The fourth-order valence-electron chi connectivity index (χ4n) is 5.95. The van der Waals surface area contributed by atoms with Crippen molar-refractivity contribution < 1.29 is 19.0 Å². The van der Waals surface area contributed by atoms with Gasteiger partial charge in [0.05, 0.1) is 27.9 Å². The number of ether oxygens (including phenoxy) is 3. The summed E-state index contributed by atoms with van der Waals surface area (Å²) in [6.07, 6.45) is 3.97. The molecule has 0 radical (unpaired) electrons. The summed E-state index contributed by atoms with van der Waals surface area (Å²) in [5.74, 6) is 1.17. The zero-order chi connectivity index (χ0) is 28.5. The van der Waals surface area contributed by atoms with Crippen LogP contribution in [0.25, 0.3) is 10.9 Å². The van der Waals surface area contributed by atoms with E-state index < -0.39 is 6.09 Å². The van der Waals surface area contributed by atoms with Crippen LogP contribution in [0.1, 0.15) is 32.6 Å². The summed E-state index contributed by atoms with van der Waals surface area (Å²) in [5.41, 5.74) is 2.57. The lowest BCUT2D eigenvalue weighted by molar-refractivity contribution is 0.0565. The van der Waals surface area contributed by atoms with Gasteiger partial charge in [-0.2, -0.15) is 0 Å². The minimum absolute atomic E-state index is 0.186. The third-order valence-electron chi connectivity index (χ3n) is 8.87. The molecule has 1 aliphatic heterocycles. The molecule has 41 heavy (non-hydrogen) atoms. The van der Waals surface area contributed by atoms with E-state index in [9.17, 15) is 4.79 Å². The Hall–Kier alpha value is -2.94. The molecule has 10 heteroatoms. The summed E-state index contributed by atoms with van der Waals surface area (Å²) in [6.45, 7) is 8.31. The predicted molar refractivity (Wildman–Crippen MR) is 161 cm³/mol. The van der Waals surface area contributed by atoms with Gasteiger partial charge in [-0.25, -0.2) is 9.78 Å². The molecule has 3 fully saturated rings. The first-order chi connectivity index (χ1) is 19.8. The first kappa shape index (κ1) is 28.2. The highest BCUT2D eigenvalue weighted by Gasteiger charge is 2.79. The zero-order valence-electron chi connectivity index (χ0n) is 23.3. The van der Waals surface area contributed by atoms with Gasteiger partial charge in [-0.1, -0.05) is 36.2 Å². The number of halogens is 2. The van der Waals surface area contributed by atoms with Gasteiger partial charge in [0.25, 0.3) is 0 Å². The van der Waals surface area contributed by atoms with Crippen molar-refractivity contribution in [2.75, 3.05) is 57.6 Å². The van der Waals surface area contributed by atoms with E-state index in [0.29, 0.717) is 39.9 Å². The molecule has 1 aromatic heterocycles. The summed E-state index contributed by atoms with van der Waals surface area (Å²) in [6, 6.07) is 15.4. The number of nitrogens with zero attached hydrogens (tertiary/aromatic N) is 3. The van der Waals surface area contributed by atoms with Crippen LogP contribution in [0.15, 0.2) is 48.5 Å². The molecule has 2 heterocycles. The summed E-state index contributed by atoms with van der Waals surface area (Å²) in [7, 11) is 0. The second-order valence-corrected chi connectivity index (χ2v) is 12.5. The van der Waals surface area contributed by atoms with Gasteiger partial charge in [0.15, 0.2) is 0 Å². The second-order valence-electron chi connectivity index (χ2n) is 11.7. The first-order valence-corrected chi connectivity index (χ1v) is 15.1. The molecule has 1 amide bonds. The van der Waals surface area contributed by atoms with Crippen LogP contribution in [-0.2, 0) is 4.74 Å². The van der Waals surface area contributed by atoms with Crippen LogP contribution < -0.4 is 19.7 Å². The Morgan fingerprint density at radius 3 is 2.59 bits per heavy atom. The monoisotopic (exact) mass is 598 g/mol. The Morgan fingerprint density at radius 2 is 1.80 bits per heavy atom. The maximum Gasteiger partial charge on any atom is 0.410 e. The molecule has 1 saturated heterocycles. The molecule has 2 saturated carbocycles. The maximum atomic E-state index is 11.9. The fraction of sp³-hybridized carbons (Fsp3) is 0.484. The van der Waals surface area contributed by atoms with Crippen molar-refractivity contribution in [1.29, 1.82) is 0 Å². The number of anilines is 1. The minimum Gasteiger partial charge on any atom is -0.494 e. The van der Waals surface area contributed by atoms with Crippen molar-refractivity contribution >= 4 is 45.9 Å². The van der Waals surface area contributed by atoms with E-state index in [2.05, 4.69) is 27.0 Å². The van der Waals surface area contributed by atoms with Crippen LogP contribution >= 0.6 is 23.2 Å². The Balaban J connectivity index is 0.884. The van der Waals surface area contributed by atoms with Crippen molar-refractivity contribution in [3.8, 4) is 11.6 Å². The molecule has 8 nitrogen and oxygen atoms in total. The fourth-order valence-corrected chi connectivity index (χ4v) is 6.37. The lowest BCUT2D eigenvalue weighted by atomic mass is 10.2. The number of unbranched alkanes of at least 4 members (excludes halogenated alkanes) is 1. The first-order valence-electron chi connectivity index (χ1n) is 14.3. The van der Waals surface area contributed by atoms with E-state index in [1.165, 1.54) is 12.8 Å². The largest absolute Gasteiger partial charge is 0.494 e. The highest BCUT2D eigenvalue weighted by atomic mass is 35.5. The number of piperazine rings is 1. The molecule has 6 rings (SSSR count). The van der Waals surface area contributed by atoms with Gasteiger partial charge in [-0.3, -0.25) is 4.90 Å². The van der Waals surface area contributed by atoms with Gasteiger partial charge in [0, 0.05) is 50.2 Å². The average molecular weight is 600 g/mol. The number of amides is 1. The molecule has 0 atom stereocenters. The number of carbonyl (C=O) groups is 1. The van der Waals surface area contributed by atoms with E-state index in [0.717, 1.165) is 67.9 Å². The smallest absolute Gasteiger partial charge is 0.410 e. The van der Waals surface area contributed by atoms with Crippen molar-refractivity contribution in [2.45, 2.75) is 32.6 Å². The summed E-state index contributed by atoms with van der Waals surface area (Å²) in [4.78, 5) is 21.3. The summed E-state index contributed by atoms with van der Waals surface area (Å²) >= 11 is 12.6. The van der Waals surface area contributed by atoms with Crippen molar-refractivity contribution in [2.24, 2.45) is 10.8 Å². The normalized spacial score (nSPS) is 23.1. The molecule has 2 aromatic carbocycles. The van der Waals surface area contributed by atoms with Gasteiger partial charge in [0.2, 0.25) is 12.7 Å². The van der Waals surface area contributed by atoms with E-state index in [1.807, 2.05) is 42.5 Å². The van der Waals surface area contributed by atoms with E-state index in [-0.39, 0.29) is 6.79 Å². The van der Waals surface area contributed by atoms with Crippen LogP contribution in [0, 0.1) is 10.8 Å². The van der Waals surface area contributed by atoms with Crippen LogP contribution in [0.2, 0.25) is 10.0 Å². The zero-order valence-corrected chi connectivity index (χ0v) is 24.8. The molecule has 0 bridgehead atoms. The van der Waals surface area contributed by atoms with E-state index in [1.54, 1.807) is 6.07 Å². The van der Waals surface area contributed by atoms with Crippen LogP contribution in [0.3, 0.4) is 0 Å². The molecular weight excluding hydrogens is 563 g/mol. The van der Waals surface area contributed by atoms with Crippen molar-refractivity contribution in [3.05, 3.63) is 58.6 Å². The number of fused-ring (bicyclic) bond motifs is 2. The van der Waals surface area contributed by atoms with Crippen molar-refractivity contribution in [1.82, 2.24) is 15.2 Å². The Labute approximate surface area is 250 Å². The van der Waals surface area contributed by atoms with Crippen molar-refractivity contribution in [3.63, 3.8) is 0 Å². The Bertz CT molecular complexity index is 1410. The summed E-state index contributed by atoms with van der Waals surface area (Å²) in [5, 5.41) is 5.06. The van der Waals surface area contributed by atoms with E-state index in [4.69, 9.17) is 37.4 Å². The van der Waals surface area contributed by atoms with E-state index >= 15 is 0 Å². The molecule has 3 aliphatic rings. The van der Waals surface area contributed by atoms with Gasteiger partial charge in [0.1, 0.15) is 5.75 Å². The number of benzene rings is 2. The molecule has 0 spiro atoms. The number of aromatic nitrogens is 1. The quantitative estimate of drug-likeness (QED) is 0.191. The topological polar surface area (TPSA) is 76.2 Å². The maximum absolute atomic E-state index is 11.9. The lowest BCUT2D eigenvalue weighted by Gasteiger charge is -2.36. The van der Waals surface area contributed by atoms with Gasteiger partial charge in [-0.15, -0.1) is 0 Å². The number of hydrogen-bond acceptors (Lipinski definition) is 7. The molecule has 1 N–H and O–H groups in total. The number of rotatable bonds is 12. The number of alkyl carbamates (subject to hydrolysis) is 1. The van der Waals surface area contributed by atoms with Crippen LogP contribution in [0.5, 0.6) is 11.6 Å². The highest BCUT2D eigenvalue weighted by Crippen LogP contribution is 2.85. The molecule has 218 valence electrons. The number of pyridine rings is 1. The lowest BCUT2D eigenvalue weighted by Crippen LogP contribution is -2.46. The summed E-state index contributed by atoms with van der Waals surface area (Å²) < 4.78 is 16.7. The molecular formula is C31H36Cl2N4O4. The third kappa shape index (κ3) is 6.45. The Morgan fingerprint density at radius 1 is 1.02 bits per heavy atom. The number of carbonyl (C=O) groups excluding carboxylic acids is 1. The minimum atomic E-state index is -0.457. The number of hydrogen-bond donors (Lipinski definition) is 1. The number of nitrogens with one attached hydrogen (secondary N) is 1. The molecule has 0 unspecified atom stereocenters. The highest BCUT2D eigenvalue weighted by molar-refractivity contribution is 6.43. The van der Waals surface area contributed by atoms with Gasteiger partial charge < -0.3 is 24.4 Å². The SMILES string of the molecule is CC12CC1(CNC(=O)OCOc1ccc3ccc(OCCCCN4CCN(c5cccc(Cl)c5Cl)CC4)cc3n1)C2. The van der Waals surface area contributed by atoms with Gasteiger partial charge >= 0.3 is 6.09 Å². The standard InChI is InChI=1S/C31H36Cl2N4O4/c1-30-18-31(30,19-30)20-34-29(38)41-21-40-27-10-8-22-7-9-23(17-25(22)35-27)39-16-3-2-11-36-12-14-37(15-13-36)26-6-4-5-24(32)28(26)33/h4-10,17H,2-3,11-16,18-21H2,1H3,(H,34,38). The molecule has 3 aromatic rings. The predicted octanol–water partition coefficient (Wildman–Crippen LogP) is 6.39. The third-order valence-corrected chi connectivity index (χ3v) is 9.68. The second kappa shape index (κ2) is 11.7. The molecule has 2 aliphatic carbocycles. The van der Waals surface area contributed by atoms with Crippen LogP contribution in [-0.4, -0.2) is 68.6 Å². The Kier molecular flexibility index (Phi) is 8.07. The van der Waals surface area contributed by atoms with Crippen LogP contribution in [0.4, 0.5) is 10.5 Å². The average Bonchev–Trinajstić information content (AvgIpc) is 3.77.